The van der Waals surface area contributed by atoms with Gasteiger partial charge in [0.1, 0.15) is 6.04 Å². The molecule has 6 heteroatoms. The molecule has 0 radical (unpaired) electrons. The third kappa shape index (κ3) is 3.91. The molecule has 2 heterocycles. The van der Waals surface area contributed by atoms with Gasteiger partial charge in [0.25, 0.3) is 5.91 Å². The lowest BCUT2D eigenvalue weighted by atomic mass is 9.92. The van der Waals surface area contributed by atoms with Crippen LogP contribution in [0.1, 0.15) is 47.8 Å². The molecular formula is C26H32N4O2. The fourth-order valence-corrected chi connectivity index (χ4v) is 4.65. The van der Waals surface area contributed by atoms with E-state index in [9.17, 15) is 9.59 Å². The second-order valence-corrected chi connectivity index (χ2v) is 8.92. The Morgan fingerprint density at radius 1 is 1.12 bits per heavy atom. The van der Waals surface area contributed by atoms with Crippen LogP contribution in [0, 0.1) is 5.92 Å². The summed E-state index contributed by atoms with van der Waals surface area (Å²) in [6.45, 7) is 5.42. The number of aromatic amines is 1. The Bertz CT molecular complexity index is 1120. The van der Waals surface area contributed by atoms with Crippen molar-refractivity contribution in [3.8, 4) is 0 Å². The predicted octanol–water partition coefficient (Wildman–Crippen LogP) is 3.81. The van der Waals surface area contributed by atoms with Crippen molar-refractivity contribution in [2.45, 2.75) is 32.4 Å². The summed E-state index contributed by atoms with van der Waals surface area (Å²) in [6, 6.07) is 15.0. The van der Waals surface area contributed by atoms with Crippen LogP contribution in [0.3, 0.4) is 0 Å². The van der Waals surface area contributed by atoms with Crippen molar-refractivity contribution in [1.82, 2.24) is 20.1 Å². The highest BCUT2D eigenvalue weighted by Gasteiger charge is 2.46. The molecule has 2 amide bonds. The highest BCUT2D eigenvalue weighted by atomic mass is 16.2. The summed E-state index contributed by atoms with van der Waals surface area (Å²) < 4.78 is 0. The van der Waals surface area contributed by atoms with Gasteiger partial charge in [0.2, 0.25) is 5.91 Å². The van der Waals surface area contributed by atoms with E-state index in [0.717, 1.165) is 35.0 Å². The first-order chi connectivity index (χ1) is 15.4. The van der Waals surface area contributed by atoms with Gasteiger partial charge in [-0.1, -0.05) is 56.7 Å². The van der Waals surface area contributed by atoms with E-state index in [1.54, 1.807) is 0 Å². The quantitative estimate of drug-likeness (QED) is 0.569. The van der Waals surface area contributed by atoms with Crippen LogP contribution in [0.15, 0.2) is 54.7 Å². The summed E-state index contributed by atoms with van der Waals surface area (Å²) in [6.07, 6.45) is 2.78. The number of nitrogens with one attached hydrogen (secondary N) is 2. The number of carbonyl (C=O) groups excluding carboxylic acids is 2. The van der Waals surface area contributed by atoms with Gasteiger partial charge in [0, 0.05) is 41.3 Å². The lowest BCUT2D eigenvalue weighted by molar-refractivity contribution is -0.127. The smallest absolute Gasteiger partial charge is 0.255 e. The predicted molar refractivity (Wildman–Crippen MR) is 128 cm³/mol. The van der Waals surface area contributed by atoms with Crippen molar-refractivity contribution in [1.29, 1.82) is 0 Å². The molecule has 168 valence electrons. The maximum Gasteiger partial charge on any atom is 0.255 e. The molecule has 3 aromatic rings. The summed E-state index contributed by atoms with van der Waals surface area (Å²) in [7, 11) is 3.96. The number of benzene rings is 2. The maximum atomic E-state index is 13.7. The summed E-state index contributed by atoms with van der Waals surface area (Å²) >= 11 is 0. The van der Waals surface area contributed by atoms with Gasteiger partial charge in [-0.3, -0.25) is 9.59 Å². The normalized spacial score (nSPS) is 17.6. The molecule has 0 aliphatic carbocycles. The molecule has 0 saturated carbocycles. The molecule has 32 heavy (non-hydrogen) atoms. The van der Waals surface area contributed by atoms with Gasteiger partial charge in [-0.15, -0.1) is 0 Å². The first-order valence-corrected chi connectivity index (χ1v) is 11.3. The molecule has 1 aliphatic heterocycles. The van der Waals surface area contributed by atoms with Crippen LogP contribution in [0.2, 0.25) is 0 Å². The molecule has 1 aliphatic rings. The average Bonchev–Trinajstić information content (AvgIpc) is 3.33. The number of nitrogens with zero attached hydrogens (tertiary/aromatic N) is 2. The number of carbonyl (C=O) groups is 2. The standard InChI is InChI=1S/C26H32N4O2/c1-5-17(2)23(25(31)27-14-15-29(3)4)30-24(19-11-6-7-12-20(19)26(30)32)21-16-28-22-13-9-8-10-18(21)22/h6-13,16-17,23-24,28H,5,14-15H2,1-4H3,(H,27,31). The van der Waals surface area contributed by atoms with Crippen LogP contribution in [-0.2, 0) is 4.79 Å². The molecule has 3 unspecified atom stereocenters. The lowest BCUT2D eigenvalue weighted by Gasteiger charge is -2.36. The van der Waals surface area contributed by atoms with Gasteiger partial charge >= 0.3 is 0 Å². The van der Waals surface area contributed by atoms with Crippen molar-refractivity contribution < 1.29 is 9.59 Å². The molecule has 0 fully saturated rings. The zero-order valence-corrected chi connectivity index (χ0v) is 19.3. The van der Waals surface area contributed by atoms with E-state index in [-0.39, 0.29) is 23.8 Å². The monoisotopic (exact) mass is 432 g/mol. The number of rotatable bonds is 8. The Labute approximate surface area is 189 Å². The molecule has 3 atom stereocenters. The van der Waals surface area contributed by atoms with Gasteiger partial charge in [-0.05, 0) is 37.7 Å². The van der Waals surface area contributed by atoms with E-state index in [1.165, 1.54) is 0 Å². The molecule has 2 aromatic carbocycles. The van der Waals surface area contributed by atoms with E-state index in [2.05, 4.69) is 30.2 Å². The largest absolute Gasteiger partial charge is 0.361 e. The fourth-order valence-electron chi connectivity index (χ4n) is 4.65. The molecular weight excluding hydrogens is 400 g/mol. The number of fused-ring (bicyclic) bond motifs is 2. The molecule has 0 bridgehead atoms. The highest BCUT2D eigenvalue weighted by molar-refractivity contribution is 6.03. The summed E-state index contributed by atoms with van der Waals surface area (Å²) in [5, 5.41) is 4.15. The van der Waals surface area contributed by atoms with Crippen LogP contribution in [-0.4, -0.2) is 59.8 Å². The second-order valence-electron chi connectivity index (χ2n) is 8.92. The minimum absolute atomic E-state index is 0.0142. The summed E-state index contributed by atoms with van der Waals surface area (Å²) in [5.74, 6) is -0.156. The van der Waals surface area contributed by atoms with E-state index in [0.29, 0.717) is 12.1 Å². The van der Waals surface area contributed by atoms with Gasteiger partial charge in [0.05, 0.1) is 6.04 Å². The van der Waals surface area contributed by atoms with Crippen molar-refractivity contribution in [3.63, 3.8) is 0 Å². The Balaban J connectivity index is 1.80. The zero-order valence-electron chi connectivity index (χ0n) is 19.3. The molecule has 0 spiro atoms. The fraction of sp³-hybridized carbons (Fsp3) is 0.385. The van der Waals surface area contributed by atoms with Gasteiger partial charge in [0.15, 0.2) is 0 Å². The third-order valence-electron chi connectivity index (χ3n) is 6.52. The Kier molecular flexibility index (Phi) is 6.33. The summed E-state index contributed by atoms with van der Waals surface area (Å²) in [5.41, 5.74) is 3.68. The number of likely N-dealkylation sites (N-methyl/N-ethyl adjacent to an activating group) is 1. The molecule has 0 saturated heterocycles. The van der Waals surface area contributed by atoms with Crippen molar-refractivity contribution >= 4 is 22.7 Å². The summed E-state index contributed by atoms with van der Waals surface area (Å²) in [4.78, 5) is 34.4. The van der Waals surface area contributed by atoms with E-state index in [4.69, 9.17) is 0 Å². The van der Waals surface area contributed by atoms with Crippen LogP contribution >= 0.6 is 0 Å². The SMILES string of the molecule is CCC(C)C(C(=O)NCCN(C)C)N1C(=O)c2ccccc2C1c1c[nH]c2ccccc12. The zero-order chi connectivity index (χ0) is 22.8. The molecule has 6 nitrogen and oxygen atoms in total. The van der Waals surface area contributed by atoms with E-state index >= 15 is 0 Å². The highest BCUT2D eigenvalue weighted by Crippen LogP contribution is 2.43. The first-order valence-electron chi connectivity index (χ1n) is 11.3. The van der Waals surface area contributed by atoms with Gasteiger partial charge in [-0.2, -0.15) is 0 Å². The van der Waals surface area contributed by atoms with Gasteiger partial charge < -0.3 is 20.1 Å². The van der Waals surface area contributed by atoms with Crippen molar-refractivity contribution in [2.75, 3.05) is 27.2 Å². The first kappa shape index (κ1) is 22.1. The minimum Gasteiger partial charge on any atom is -0.361 e. The van der Waals surface area contributed by atoms with Crippen LogP contribution in [0.4, 0.5) is 0 Å². The number of amides is 2. The van der Waals surface area contributed by atoms with Crippen LogP contribution < -0.4 is 5.32 Å². The lowest BCUT2D eigenvalue weighted by Crippen LogP contribution is -2.52. The Morgan fingerprint density at radius 3 is 2.59 bits per heavy atom. The minimum atomic E-state index is -0.555. The Morgan fingerprint density at radius 2 is 1.84 bits per heavy atom. The van der Waals surface area contributed by atoms with Crippen LogP contribution in [0.5, 0.6) is 0 Å². The van der Waals surface area contributed by atoms with Gasteiger partial charge in [-0.25, -0.2) is 0 Å². The van der Waals surface area contributed by atoms with Crippen LogP contribution in [0.25, 0.3) is 10.9 Å². The Hall–Kier alpha value is -3.12. The van der Waals surface area contributed by atoms with E-state index < -0.39 is 6.04 Å². The third-order valence-corrected chi connectivity index (χ3v) is 6.52. The number of H-pyrrole nitrogens is 1. The second kappa shape index (κ2) is 9.17. The molecule has 4 rings (SSSR count). The maximum absolute atomic E-state index is 13.7. The van der Waals surface area contributed by atoms with Crippen molar-refractivity contribution in [2.24, 2.45) is 5.92 Å². The molecule has 2 N–H and O–H groups in total. The number of hydrogen-bond acceptors (Lipinski definition) is 3. The number of hydrogen-bond donors (Lipinski definition) is 2. The topological polar surface area (TPSA) is 68.4 Å². The molecule has 1 aromatic heterocycles. The van der Waals surface area contributed by atoms with Crippen molar-refractivity contribution in [3.05, 3.63) is 71.4 Å². The van der Waals surface area contributed by atoms with E-state index in [1.807, 2.05) is 72.6 Å². The number of aromatic nitrogens is 1. The average molecular weight is 433 g/mol. The number of para-hydroxylation sites is 1.